The van der Waals surface area contributed by atoms with Crippen molar-refractivity contribution in [3.8, 4) is 5.69 Å². The molecule has 0 aliphatic rings. The van der Waals surface area contributed by atoms with Gasteiger partial charge in [-0.15, -0.1) is 0 Å². The summed E-state index contributed by atoms with van der Waals surface area (Å²) in [6, 6.07) is 13.2. The van der Waals surface area contributed by atoms with Crippen molar-refractivity contribution in [1.29, 1.82) is 0 Å². The van der Waals surface area contributed by atoms with Crippen LogP contribution in [0.5, 0.6) is 0 Å². The van der Waals surface area contributed by atoms with Crippen molar-refractivity contribution in [2.75, 3.05) is 5.32 Å². The second-order valence-electron chi connectivity index (χ2n) is 7.46. The van der Waals surface area contributed by atoms with Gasteiger partial charge >= 0.3 is 0 Å². The summed E-state index contributed by atoms with van der Waals surface area (Å²) in [7, 11) is -3.73. The van der Waals surface area contributed by atoms with E-state index in [-0.39, 0.29) is 10.6 Å². The maximum atomic E-state index is 13.4. The van der Waals surface area contributed by atoms with Gasteiger partial charge in [0, 0.05) is 17.4 Å². The van der Waals surface area contributed by atoms with Crippen LogP contribution in [0.2, 0.25) is 0 Å². The molecule has 1 amide bonds. The molecule has 9 heteroatoms. The molecule has 0 radical (unpaired) electrons. The summed E-state index contributed by atoms with van der Waals surface area (Å²) in [4.78, 5) is 12.5. The number of carbonyl (C=O) groups is 1. The van der Waals surface area contributed by atoms with E-state index in [2.05, 4.69) is 15.1 Å². The quantitative estimate of drug-likeness (QED) is 0.667. The number of rotatable bonds is 5. The summed E-state index contributed by atoms with van der Waals surface area (Å²) in [5.41, 5.74) is 0.259. The van der Waals surface area contributed by atoms with Gasteiger partial charge in [-0.1, -0.05) is 12.1 Å². The molecule has 0 bridgehead atoms. The number of nitrogens with zero attached hydrogens (tertiary/aromatic N) is 2. The number of amides is 1. The van der Waals surface area contributed by atoms with E-state index in [1.54, 1.807) is 39.0 Å². The number of carbonyl (C=O) groups excluding carboxylic acids is 1. The number of hydrogen-bond donors (Lipinski definition) is 2. The van der Waals surface area contributed by atoms with Crippen LogP contribution >= 0.6 is 0 Å². The third-order valence-corrected chi connectivity index (χ3v) is 5.49. The van der Waals surface area contributed by atoms with Gasteiger partial charge < -0.3 is 5.32 Å². The highest BCUT2D eigenvalue weighted by molar-refractivity contribution is 7.89. The second kappa shape index (κ2) is 7.76. The maximum Gasteiger partial charge on any atom is 0.276 e. The lowest BCUT2D eigenvalue weighted by Crippen LogP contribution is -2.40. The number of hydrogen-bond acceptors (Lipinski definition) is 4. The predicted octanol–water partition coefficient (Wildman–Crippen LogP) is 3.34. The lowest BCUT2D eigenvalue weighted by molar-refractivity contribution is 0.102. The monoisotopic (exact) mass is 416 g/mol. The SMILES string of the molecule is CC(C)(C)NS(=O)(=O)c1cccc(NC(=O)c2ccn(-c3cccc(F)c3)n2)c1. The smallest absolute Gasteiger partial charge is 0.276 e. The summed E-state index contributed by atoms with van der Waals surface area (Å²) in [5.74, 6) is -0.927. The van der Waals surface area contributed by atoms with Crippen LogP contribution in [0.3, 0.4) is 0 Å². The highest BCUT2D eigenvalue weighted by atomic mass is 32.2. The summed E-state index contributed by atoms with van der Waals surface area (Å²) < 4.78 is 42.3. The Kier molecular flexibility index (Phi) is 5.54. The van der Waals surface area contributed by atoms with Crippen LogP contribution in [0, 0.1) is 5.82 Å². The van der Waals surface area contributed by atoms with Crippen molar-refractivity contribution < 1.29 is 17.6 Å². The molecule has 7 nitrogen and oxygen atoms in total. The third-order valence-electron chi connectivity index (χ3n) is 3.74. The van der Waals surface area contributed by atoms with Crippen LogP contribution in [0.1, 0.15) is 31.3 Å². The minimum atomic E-state index is -3.73. The van der Waals surface area contributed by atoms with E-state index < -0.39 is 27.3 Å². The molecule has 0 aliphatic carbocycles. The Morgan fingerprint density at radius 1 is 1.07 bits per heavy atom. The number of anilines is 1. The van der Waals surface area contributed by atoms with Crippen molar-refractivity contribution >= 4 is 21.6 Å². The first kappa shape index (κ1) is 20.7. The summed E-state index contributed by atoms with van der Waals surface area (Å²) in [6.07, 6.45) is 1.54. The predicted molar refractivity (Wildman–Crippen MR) is 108 cm³/mol. The summed E-state index contributed by atoms with van der Waals surface area (Å²) in [6.45, 7) is 5.22. The molecule has 29 heavy (non-hydrogen) atoms. The Hall–Kier alpha value is -3.04. The molecular formula is C20H21FN4O3S. The molecule has 3 aromatic rings. The van der Waals surface area contributed by atoms with E-state index >= 15 is 0 Å². The second-order valence-corrected chi connectivity index (χ2v) is 9.15. The zero-order valence-electron chi connectivity index (χ0n) is 16.2. The average molecular weight is 416 g/mol. The molecule has 0 spiro atoms. The first-order valence-corrected chi connectivity index (χ1v) is 10.3. The van der Waals surface area contributed by atoms with Crippen molar-refractivity contribution in [1.82, 2.24) is 14.5 Å². The fourth-order valence-corrected chi connectivity index (χ4v) is 4.07. The van der Waals surface area contributed by atoms with Crippen LogP contribution in [-0.2, 0) is 10.0 Å². The molecule has 0 fully saturated rings. The fourth-order valence-electron chi connectivity index (χ4n) is 2.61. The largest absolute Gasteiger partial charge is 0.321 e. The van der Waals surface area contributed by atoms with Gasteiger partial charge in [-0.3, -0.25) is 4.79 Å². The van der Waals surface area contributed by atoms with Gasteiger partial charge in [0.25, 0.3) is 5.91 Å². The fraction of sp³-hybridized carbons (Fsp3) is 0.200. The Morgan fingerprint density at radius 3 is 2.48 bits per heavy atom. The molecule has 0 atom stereocenters. The number of aromatic nitrogens is 2. The van der Waals surface area contributed by atoms with Gasteiger partial charge in [0.1, 0.15) is 5.82 Å². The van der Waals surface area contributed by atoms with Crippen molar-refractivity contribution in [2.45, 2.75) is 31.2 Å². The van der Waals surface area contributed by atoms with Crippen LogP contribution in [0.4, 0.5) is 10.1 Å². The molecule has 3 rings (SSSR count). The van der Waals surface area contributed by atoms with Gasteiger partial charge in [-0.25, -0.2) is 22.2 Å². The van der Waals surface area contributed by atoms with Crippen molar-refractivity contribution in [3.05, 3.63) is 72.3 Å². The Bertz CT molecular complexity index is 1150. The van der Waals surface area contributed by atoms with Gasteiger partial charge in [-0.2, -0.15) is 5.10 Å². The first-order valence-electron chi connectivity index (χ1n) is 8.80. The number of nitrogens with one attached hydrogen (secondary N) is 2. The summed E-state index contributed by atoms with van der Waals surface area (Å²) >= 11 is 0. The van der Waals surface area contributed by atoms with E-state index in [1.807, 2.05) is 0 Å². The van der Waals surface area contributed by atoms with E-state index in [0.717, 1.165) is 0 Å². The van der Waals surface area contributed by atoms with Crippen LogP contribution in [0.25, 0.3) is 5.69 Å². The topological polar surface area (TPSA) is 93.1 Å². The van der Waals surface area contributed by atoms with E-state index in [9.17, 15) is 17.6 Å². The number of sulfonamides is 1. The maximum absolute atomic E-state index is 13.4. The van der Waals surface area contributed by atoms with Crippen molar-refractivity contribution in [3.63, 3.8) is 0 Å². The molecule has 0 saturated heterocycles. The Balaban J connectivity index is 1.78. The van der Waals surface area contributed by atoms with Crippen LogP contribution in [-0.4, -0.2) is 29.6 Å². The highest BCUT2D eigenvalue weighted by Crippen LogP contribution is 2.18. The van der Waals surface area contributed by atoms with Gasteiger partial charge in [-0.05, 0) is 63.2 Å². The number of halogens is 1. The minimum Gasteiger partial charge on any atom is -0.321 e. The minimum absolute atomic E-state index is 0.0375. The normalized spacial score (nSPS) is 12.0. The van der Waals surface area contributed by atoms with Crippen molar-refractivity contribution in [2.24, 2.45) is 0 Å². The molecular weight excluding hydrogens is 395 g/mol. The molecule has 0 saturated carbocycles. The zero-order valence-corrected chi connectivity index (χ0v) is 17.0. The molecule has 0 aliphatic heterocycles. The van der Waals surface area contributed by atoms with Crippen LogP contribution in [0.15, 0.2) is 65.7 Å². The van der Waals surface area contributed by atoms with Crippen LogP contribution < -0.4 is 10.0 Å². The average Bonchev–Trinajstić information content (AvgIpc) is 3.10. The molecule has 1 aromatic heterocycles. The lowest BCUT2D eigenvalue weighted by Gasteiger charge is -2.20. The molecule has 1 heterocycles. The van der Waals surface area contributed by atoms with Gasteiger partial charge in [0.15, 0.2) is 5.69 Å². The van der Waals surface area contributed by atoms with E-state index in [1.165, 1.54) is 47.3 Å². The van der Waals surface area contributed by atoms with E-state index in [0.29, 0.717) is 11.4 Å². The first-order chi connectivity index (χ1) is 13.5. The summed E-state index contributed by atoms with van der Waals surface area (Å²) in [5, 5.41) is 6.77. The molecule has 2 N–H and O–H groups in total. The highest BCUT2D eigenvalue weighted by Gasteiger charge is 2.22. The van der Waals surface area contributed by atoms with Gasteiger partial charge in [0.2, 0.25) is 10.0 Å². The molecule has 2 aromatic carbocycles. The third kappa shape index (κ3) is 5.27. The zero-order chi connectivity index (χ0) is 21.2. The number of benzene rings is 2. The standard InChI is InChI=1S/C20H21FN4O3S/c1-20(2,3)24-29(27,28)17-9-5-7-15(13-17)22-19(26)18-10-11-25(23-18)16-8-4-6-14(21)12-16/h4-13,24H,1-3H3,(H,22,26). The Labute approximate surface area is 168 Å². The van der Waals surface area contributed by atoms with E-state index in [4.69, 9.17) is 0 Å². The lowest BCUT2D eigenvalue weighted by atomic mass is 10.1. The molecule has 0 unspecified atom stereocenters. The molecule has 152 valence electrons. The van der Waals surface area contributed by atoms with Gasteiger partial charge in [0.05, 0.1) is 10.6 Å². The Morgan fingerprint density at radius 2 is 1.79 bits per heavy atom.